The van der Waals surface area contributed by atoms with E-state index in [4.69, 9.17) is 4.74 Å². The number of aryl methyl sites for hydroxylation is 1. The molecule has 6 heteroatoms. The molecule has 0 aromatic heterocycles. The van der Waals surface area contributed by atoms with Crippen molar-refractivity contribution < 1.29 is 19.1 Å². The number of hydrogen-bond donors (Lipinski definition) is 1. The maximum atomic E-state index is 12.5. The van der Waals surface area contributed by atoms with E-state index in [2.05, 4.69) is 5.32 Å². The largest absolute Gasteiger partial charge is 0.452 e. The lowest BCUT2D eigenvalue weighted by molar-refractivity contribution is -0.121. The molecule has 0 saturated carbocycles. The molecule has 0 fully saturated rings. The summed E-state index contributed by atoms with van der Waals surface area (Å²) in [5, 5.41) is 2.61. The molecule has 1 heterocycles. The average molecular weight is 352 g/mol. The third-order valence-electron chi connectivity index (χ3n) is 4.16. The molecule has 2 amide bonds. The predicted molar refractivity (Wildman–Crippen MR) is 98.1 cm³/mol. The number of anilines is 2. The molecule has 0 saturated heterocycles. The molecule has 26 heavy (non-hydrogen) atoms. The first-order chi connectivity index (χ1) is 12.5. The minimum Gasteiger partial charge on any atom is -0.452 e. The lowest BCUT2D eigenvalue weighted by atomic mass is 10.0. The van der Waals surface area contributed by atoms with E-state index >= 15 is 0 Å². The Morgan fingerprint density at radius 3 is 2.73 bits per heavy atom. The lowest BCUT2D eigenvalue weighted by Gasteiger charge is -2.29. The first-order valence-electron chi connectivity index (χ1n) is 8.47. The number of nitrogens with zero attached hydrogens (tertiary/aromatic N) is 1. The molecule has 6 nitrogen and oxygen atoms in total. The van der Waals surface area contributed by atoms with Crippen LogP contribution in [0.2, 0.25) is 0 Å². The molecule has 1 N–H and O–H groups in total. The molecule has 1 aliphatic heterocycles. The summed E-state index contributed by atoms with van der Waals surface area (Å²) in [5.41, 5.74) is 2.79. The van der Waals surface area contributed by atoms with Gasteiger partial charge in [0.2, 0.25) is 5.91 Å². The van der Waals surface area contributed by atoms with Crippen LogP contribution in [-0.4, -0.2) is 30.9 Å². The maximum Gasteiger partial charge on any atom is 0.338 e. The van der Waals surface area contributed by atoms with Crippen molar-refractivity contribution in [3.05, 3.63) is 59.7 Å². The van der Waals surface area contributed by atoms with E-state index in [1.807, 2.05) is 24.3 Å². The summed E-state index contributed by atoms with van der Waals surface area (Å²) in [6.07, 6.45) is 1.82. The van der Waals surface area contributed by atoms with Gasteiger partial charge in [-0.05, 0) is 42.7 Å². The molecular weight excluding hydrogens is 332 g/mol. The smallest absolute Gasteiger partial charge is 0.338 e. The monoisotopic (exact) mass is 352 g/mol. The second-order valence-corrected chi connectivity index (χ2v) is 6.12. The topological polar surface area (TPSA) is 75.7 Å². The summed E-state index contributed by atoms with van der Waals surface area (Å²) in [6, 6.07) is 14.2. The fourth-order valence-corrected chi connectivity index (χ4v) is 3.01. The number of esters is 1. The zero-order valence-corrected chi connectivity index (χ0v) is 14.5. The molecule has 3 rings (SSSR count). The molecule has 0 bridgehead atoms. The van der Waals surface area contributed by atoms with Gasteiger partial charge < -0.3 is 15.0 Å². The fraction of sp³-hybridized carbons (Fsp3) is 0.250. The predicted octanol–water partition coefficient (Wildman–Crippen LogP) is 2.78. The van der Waals surface area contributed by atoms with E-state index < -0.39 is 5.97 Å². The first-order valence-corrected chi connectivity index (χ1v) is 8.47. The summed E-state index contributed by atoms with van der Waals surface area (Å²) in [6.45, 7) is 1.68. The highest BCUT2D eigenvalue weighted by Crippen LogP contribution is 2.26. The molecule has 0 unspecified atom stereocenters. The number of fused-ring (bicyclic) bond motifs is 1. The number of carbonyl (C=O) groups excluding carboxylic acids is 3. The van der Waals surface area contributed by atoms with Gasteiger partial charge in [0.25, 0.3) is 5.91 Å². The first kappa shape index (κ1) is 17.7. The van der Waals surface area contributed by atoms with Gasteiger partial charge in [0, 0.05) is 24.8 Å². The number of hydrogen-bond acceptors (Lipinski definition) is 4. The molecule has 0 radical (unpaired) electrons. The van der Waals surface area contributed by atoms with Crippen LogP contribution in [0.5, 0.6) is 0 Å². The summed E-state index contributed by atoms with van der Waals surface area (Å²) in [5.74, 6) is -1.08. The van der Waals surface area contributed by atoms with Gasteiger partial charge in [-0.1, -0.05) is 24.3 Å². The number of nitrogens with one attached hydrogen (secondary N) is 1. The normalized spacial score (nSPS) is 12.9. The molecule has 0 aliphatic carbocycles. The van der Waals surface area contributed by atoms with Crippen molar-refractivity contribution in [2.24, 2.45) is 0 Å². The summed E-state index contributed by atoms with van der Waals surface area (Å²) < 4.78 is 5.18. The Hall–Kier alpha value is -3.15. The highest BCUT2D eigenvalue weighted by molar-refractivity contribution is 5.98. The Morgan fingerprint density at radius 2 is 1.92 bits per heavy atom. The van der Waals surface area contributed by atoms with E-state index in [9.17, 15) is 14.4 Å². The van der Waals surface area contributed by atoms with Crippen LogP contribution >= 0.6 is 0 Å². The van der Waals surface area contributed by atoms with E-state index in [1.165, 1.54) is 13.0 Å². The minimum atomic E-state index is -0.601. The molecule has 0 spiro atoms. The van der Waals surface area contributed by atoms with Crippen molar-refractivity contribution in [1.82, 2.24) is 0 Å². The van der Waals surface area contributed by atoms with Crippen molar-refractivity contribution in [1.29, 1.82) is 0 Å². The quantitative estimate of drug-likeness (QED) is 0.859. The van der Waals surface area contributed by atoms with E-state index in [1.54, 1.807) is 23.1 Å². The van der Waals surface area contributed by atoms with Gasteiger partial charge in [-0.2, -0.15) is 0 Å². The lowest BCUT2D eigenvalue weighted by Crippen LogP contribution is -2.38. The Balaban J connectivity index is 1.63. The molecule has 2 aromatic rings. The Bertz CT molecular complexity index is 847. The van der Waals surface area contributed by atoms with Crippen molar-refractivity contribution in [3.63, 3.8) is 0 Å². The molecule has 134 valence electrons. The van der Waals surface area contributed by atoms with Gasteiger partial charge in [-0.25, -0.2) is 4.79 Å². The highest BCUT2D eigenvalue weighted by Gasteiger charge is 2.23. The second-order valence-electron chi connectivity index (χ2n) is 6.12. The second kappa shape index (κ2) is 7.82. The number of para-hydroxylation sites is 1. The van der Waals surface area contributed by atoms with E-state index in [-0.39, 0.29) is 24.0 Å². The molecule has 1 aliphatic rings. The summed E-state index contributed by atoms with van der Waals surface area (Å²) in [4.78, 5) is 37.5. The van der Waals surface area contributed by atoms with Crippen molar-refractivity contribution in [3.8, 4) is 0 Å². The van der Waals surface area contributed by atoms with Crippen LogP contribution < -0.4 is 10.2 Å². The van der Waals surface area contributed by atoms with Gasteiger partial charge in [0.1, 0.15) is 0 Å². The van der Waals surface area contributed by atoms with Crippen molar-refractivity contribution in [2.75, 3.05) is 23.4 Å². The Morgan fingerprint density at radius 1 is 1.12 bits per heavy atom. The van der Waals surface area contributed by atoms with E-state index in [0.717, 1.165) is 24.1 Å². The van der Waals surface area contributed by atoms with Gasteiger partial charge in [0.05, 0.1) is 5.56 Å². The van der Waals surface area contributed by atoms with Gasteiger partial charge in [0.15, 0.2) is 6.61 Å². The zero-order chi connectivity index (χ0) is 18.5. The van der Waals surface area contributed by atoms with Crippen LogP contribution in [0.25, 0.3) is 0 Å². The third-order valence-corrected chi connectivity index (χ3v) is 4.16. The van der Waals surface area contributed by atoms with Gasteiger partial charge in [-0.15, -0.1) is 0 Å². The van der Waals surface area contributed by atoms with Crippen LogP contribution in [0.15, 0.2) is 48.5 Å². The number of ether oxygens (including phenoxy) is 1. The van der Waals surface area contributed by atoms with Gasteiger partial charge in [-0.3, -0.25) is 9.59 Å². The van der Waals surface area contributed by atoms with Crippen LogP contribution in [0.1, 0.15) is 29.3 Å². The zero-order valence-electron chi connectivity index (χ0n) is 14.5. The van der Waals surface area contributed by atoms with E-state index in [0.29, 0.717) is 12.2 Å². The number of amides is 2. The number of benzene rings is 2. The standard InChI is InChI=1S/C20H20N2O4/c1-14(23)21-17-9-4-7-16(12-17)20(25)26-13-19(24)22-11-5-8-15-6-2-3-10-18(15)22/h2-4,6-7,9-10,12H,5,8,11,13H2,1H3,(H,21,23). The highest BCUT2D eigenvalue weighted by atomic mass is 16.5. The number of rotatable bonds is 4. The van der Waals surface area contributed by atoms with Crippen LogP contribution in [0, 0.1) is 0 Å². The molecule has 2 aromatic carbocycles. The van der Waals surface area contributed by atoms with Gasteiger partial charge >= 0.3 is 5.97 Å². The third kappa shape index (κ3) is 4.08. The summed E-state index contributed by atoms with van der Waals surface area (Å²) >= 11 is 0. The minimum absolute atomic E-state index is 0.227. The van der Waals surface area contributed by atoms with Crippen molar-refractivity contribution >= 4 is 29.2 Å². The molecule has 0 atom stereocenters. The van der Waals surface area contributed by atoms with Crippen LogP contribution in [0.3, 0.4) is 0 Å². The van der Waals surface area contributed by atoms with Crippen molar-refractivity contribution in [2.45, 2.75) is 19.8 Å². The Kier molecular flexibility index (Phi) is 5.31. The van der Waals surface area contributed by atoms with Crippen LogP contribution in [0.4, 0.5) is 11.4 Å². The maximum absolute atomic E-state index is 12.5. The molecular formula is C20H20N2O4. The number of carbonyl (C=O) groups is 3. The SMILES string of the molecule is CC(=O)Nc1cccc(C(=O)OCC(=O)N2CCCc3ccccc32)c1. The average Bonchev–Trinajstić information content (AvgIpc) is 2.65. The summed E-state index contributed by atoms with van der Waals surface area (Å²) in [7, 11) is 0. The fourth-order valence-electron chi connectivity index (χ4n) is 3.01. The Labute approximate surface area is 151 Å². The van der Waals surface area contributed by atoms with Crippen LogP contribution in [-0.2, 0) is 20.7 Å².